The van der Waals surface area contributed by atoms with Crippen LogP contribution in [0.4, 0.5) is 4.79 Å². The van der Waals surface area contributed by atoms with E-state index in [0.29, 0.717) is 24.6 Å². The molecule has 4 rings (SSSR count). The third-order valence-electron chi connectivity index (χ3n) is 5.60. The predicted molar refractivity (Wildman–Crippen MR) is 87.0 cm³/mol. The number of rotatable bonds is 4. The highest BCUT2D eigenvalue weighted by molar-refractivity contribution is 7.80. The number of amides is 2. The van der Waals surface area contributed by atoms with Gasteiger partial charge in [0, 0.05) is 12.5 Å². The summed E-state index contributed by atoms with van der Waals surface area (Å²) >= 11 is 0. The summed E-state index contributed by atoms with van der Waals surface area (Å²) in [5.41, 5.74) is 0. The molecule has 1 N–H and O–H groups in total. The molecule has 11 heteroatoms. The van der Waals surface area contributed by atoms with Crippen LogP contribution in [0.2, 0.25) is 0 Å². The van der Waals surface area contributed by atoms with Crippen LogP contribution in [0.3, 0.4) is 0 Å². The quantitative estimate of drug-likeness (QED) is 0.779. The van der Waals surface area contributed by atoms with Gasteiger partial charge in [-0.05, 0) is 44.4 Å². The lowest BCUT2D eigenvalue weighted by Gasteiger charge is -2.27. The van der Waals surface area contributed by atoms with Crippen LogP contribution in [0.1, 0.15) is 69.2 Å². The van der Waals surface area contributed by atoms with Crippen molar-refractivity contribution in [2.75, 3.05) is 6.54 Å². The Kier molecular flexibility index (Phi) is 4.40. The van der Waals surface area contributed by atoms with Crippen molar-refractivity contribution in [1.82, 2.24) is 20.2 Å². The van der Waals surface area contributed by atoms with Crippen molar-refractivity contribution < 1.29 is 26.5 Å². The lowest BCUT2D eigenvalue weighted by atomic mass is 9.83. The number of hydrogen-bond donors (Lipinski definition) is 1. The first-order chi connectivity index (χ1) is 12.3. The molecule has 0 unspecified atom stereocenters. The molecule has 10 nitrogen and oxygen atoms in total. The highest BCUT2D eigenvalue weighted by atomic mass is 32.3. The summed E-state index contributed by atoms with van der Waals surface area (Å²) in [7, 11) is -4.75. The van der Waals surface area contributed by atoms with Crippen LogP contribution in [0.25, 0.3) is 0 Å². The molecule has 3 heterocycles. The fourth-order valence-electron chi connectivity index (χ4n) is 4.14. The first-order valence-corrected chi connectivity index (χ1v) is 10.3. The summed E-state index contributed by atoms with van der Waals surface area (Å²) in [6.45, 7) is 2.53. The Morgan fingerprint density at radius 2 is 1.81 bits per heavy atom. The molecule has 144 valence electrons. The van der Waals surface area contributed by atoms with E-state index < -0.39 is 28.5 Å². The number of piperidine rings is 1. The standard InChI is InChI=1S/C15H22N4O6S/c1-9-2-4-10(5-3-9)13-16-17-14(24-13)12-7-6-11-8-18(12)15(20)19(11)25-26(21,22)23/h9-12H,2-8H2,1H3,(H,21,22,23)/t9?,10?,11-,12+/m1/s1. The van der Waals surface area contributed by atoms with E-state index in [4.69, 9.17) is 8.97 Å². The van der Waals surface area contributed by atoms with Gasteiger partial charge in [0.15, 0.2) is 0 Å². The van der Waals surface area contributed by atoms with Gasteiger partial charge in [-0.25, -0.2) is 4.79 Å². The molecule has 2 bridgehead atoms. The number of urea groups is 1. The highest BCUT2D eigenvalue weighted by Gasteiger charge is 2.49. The summed E-state index contributed by atoms with van der Waals surface area (Å²) in [5, 5.41) is 9.06. The van der Waals surface area contributed by atoms with E-state index in [2.05, 4.69) is 21.4 Å². The van der Waals surface area contributed by atoms with Gasteiger partial charge in [0.05, 0.1) is 6.04 Å². The molecule has 1 saturated carbocycles. The normalized spacial score (nSPS) is 32.3. The van der Waals surface area contributed by atoms with E-state index in [-0.39, 0.29) is 12.5 Å². The maximum Gasteiger partial charge on any atom is 0.418 e. The van der Waals surface area contributed by atoms with Gasteiger partial charge >= 0.3 is 16.4 Å². The van der Waals surface area contributed by atoms with Crippen LogP contribution in [0.15, 0.2) is 4.42 Å². The maximum atomic E-state index is 12.5. The average Bonchev–Trinajstić information content (AvgIpc) is 3.15. The van der Waals surface area contributed by atoms with Gasteiger partial charge in [-0.15, -0.1) is 14.5 Å². The molecule has 2 saturated heterocycles. The van der Waals surface area contributed by atoms with Crippen LogP contribution in [-0.4, -0.2) is 51.7 Å². The van der Waals surface area contributed by atoms with E-state index in [1.54, 1.807) is 0 Å². The lowest BCUT2D eigenvalue weighted by Crippen LogP contribution is -2.35. The lowest BCUT2D eigenvalue weighted by molar-refractivity contribution is -0.0317. The maximum absolute atomic E-state index is 12.5. The smallest absolute Gasteiger partial charge is 0.418 e. The first kappa shape index (κ1) is 17.7. The fourth-order valence-corrected chi connectivity index (χ4v) is 4.53. The highest BCUT2D eigenvalue weighted by Crippen LogP contribution is 2.40. The zero-order chi connectivity index (χ0) is 18.5. The molecular weight excluding hydrogens is 364 g/mol. The Labute approximate surface area is 151 Å². The number of carbonyl (C=O) groups is 1. The molecular formula is C15H22N4O6S. The first-order valence-electron chi connectivity index (χ1n) is 8.92. The number of nitrogens with zero attached hydrogens (tertiary/aromatic N) is 4. The third kappa shape index (κ3) is 3.30. The molecule has 0 radical (unpaired) electrons. The van der Waals surface area contributed by atoms with Gasteiger partial charge in [-0.2, -0.15) is 13.5 Å². The average molecular weight is 386 g/mol. The summed E-state index contributed by atoms with van der Waals surface area (Å²) in [4.78, 5) is 13.9. The van der Waals surface area contributed by atoms with Crippen molar-refractivity contribution in [3.63, 3.8) is 0 Å². The summed E-state index contributed by atoms with van der Waals surface area (Å²) in [6, 6.07) is -1.46. The molecule has 1 aromatic rings. The van der Waals surface area contributed by atoms with Crippen LogP contribution < -0.4 is 0 Å². The van der Waals surface area contributed by atoms with Crippen molar-refractivity contribution in [3.05, 3.63) is 11.8 Å². The van der Waals surface area contributed by atoms with Crippen LogP contribution in [0.5, 0.6) is 0 Å². The Hall–Kier alpha value is -1.72. The van der Waals surface area contributed by atoms with Gasteiger partial charge in [0.25, 0.3) is 0 Å². The molecule has 3 fully saturated rings. The third-order valence-corrected chi connectivity index (χ3v) is 5.95. The van der Waals surface area contributed by atoms with Crippen LogP contribution in [-0.2, 0) is 14.7 Å². The van der Waals surface area contributed by atoms with Crippen molar-refractivity contribution in [2.24, 2.45) is 5.92 Å². The Balaban J connectivity index is 1.49. The molecule has 3 aliphatic rings. The summed E-state index contributed by atoms with van der Waals surface area (Å²) in [5.74, 6) is 1.98. The second-order valence-electron chi connectivity index (χ2n) is 7.45. The van der Waals surface area contributed by atoms with Gasteiger partial charge in [-0.3, -0.25) is 4.55 Å². The Morgan fingerprint density at radius 3 is 2.50 bits per heavy atom. The fraction of sp³-hybridized carbons (Fsp3) is 0.800. The molecule has 0 spiro atoms. The predicted octanol–water partition coefficient (Wildman–Crippen LogP) is 2.04. The van der Waals surface area contributed by atoms with Crippen LogP contribution in [0, 0.1) is 5.92 Å². The number of carbonyl (C=O) groups excluding carboxylic acids is 1. The van der Waals surface area contributed by atoms with Gasteiger partial charge in [0.2, 0.25) is 11.8 Å². The minimum Gasteiger partial charge on any atom is -0.423 e. The Morgan fingerprint density at radius 1 is 1.12 bits per heavy atom. The molecule has 1 aromatic heterocycles. The van der Waals surface area contributed by atoms with Gasteiger partial charge in [0.1, 0.15) is 6.04 Å². The molecule has 2 amide bonds. The van der Waals surface area contributed by atoms with E-state index >= 15 is 0 Å². The van der Waals surface area contributed by atoms with Crippen molar-refractivity contribution >= 4 is 16.4 Å². The van der Waals surface area contributed by atoms with E-state index in [9.17, 15) is 13.2 Å². The largest absolute Gasteiger partial charge is 0.423 e. The minimum atomic E-state index is -4.75. The molecule has 2 aliphatic heterocycles. The second-order valence-corrected chi connectivity index (χ2v) is 8.45. The zero-order valence-corrected chi connectivity index (χ0v) is 15.3. The number of hydrogen-bond acceptors (Lipinski definition) is 7. The van der Waals surface area contributed by atoms with Crippen molar-refractivity contribution in [1.29, 1.82) is 0 Å². The SMILES string of the molecule is CC1CCC(c2nnc([C@@H]3CC[C@@H]4CN3C(=O)N4OS(=O)(=O)O)o2)CC1. The van der Waals surface area contributed by atoms with Crippen molar-refractivity contribution in [3.8, 4) is 0 Å². The zero-order valence-electron chi connectivity index (χ0n) is 14.4. The van der Waals surface area contributed by atoms with E-state index in [1.165, 1.54) is 4.90 Å². The molecule has 0 aromatic carbocycles. The molecule has 2 atom stereocenters. The topological polar surface area (TPSA) is 126 Å². The van der Waals surface area contributed by atoms with Crippen molar-refractivity contribution in [2.45, 2.75) is 63.5 Å². The van der Waals surface area contributed by atoms with Gasteiger partial charge < -0.3 is 9.32 Å². The van der Waals surface area contributed by atoms with E-state index in [1.807, 2.05) is 0 Å². The number of hydroxylamine groups is 2. The van der Waals surface area contributed by atoms with Gasteiger partial charge in [-0.1, -0.05) is 6.92 Å². The van der Waals surface area contributed by atoms with Crippen LogP contribution >= 0.6 is 0 Å². The summed E-state index contributed by atoms with van der Waals surface area (Å²) < 4.78 is 41.1. The van der Waals surface area contributed by atoms with E-state index in [0.717, 1.165) is 36.7 Å². The number of aromatic nitrogens is 2. The second kappa shape index (κ2) is 6.46. The Bertz CT molecular complexity index is 788. The molecule has 26 heavy (non-hydrogen) atoms. The number of fused-ring (bicyclic) bond motifs is 2. The monoisotopic (exact) mass is 386 g/mol. The minimum absolute atomic E-state index is 0.262. The molecule has 1 aliphatic carbocycles. The summed E-state index contributed by atoms with van der Waals surface area (Å²) in [6.07, 6.45) is 5.40.